The standard InChI is InChI=1S/C22H27ClFN5O3S/c23-16-7-21(33(31,32)28-22-5-6-25-12-26-22)17(24)8-19(16)27-18-3-1-2-4-20(18)29-9-13-14(10-29)15(13)11-30/h5-8,12-15,18,20,27,30H,1-4,9-11H2,(H,25,26,28)/t13-,14?,15-,18-,20-/m0/s1. The van der Waals surface area contributed by atoms with Crippen molar-refractivity contribution in [1.82, 2.24) is 14.9 Å². The number of rotatable bonds is 7. The number of hydrogen-bond donors (Lipinski definition) is 3. The average Bonchev–Trinajstić information content (AvgIpc) is 3.27. The van der Waals surface area contributed by atoms with Crippen LogP contribution < -0.4 is 10.0 Å². The minimum Gasteiger partial charge on any atom is -0.396 e. The SMILES string of the molecule is O=S(=O)(Nc1ccncn1)c1cc(Cl)c(N[C@H]2CCCC[C@@H]2N2CC3[C@@H](CO)[C@H]3C2)cc1F. The maximum Gasteiger partial charge on any atom is 0.266 e. The molecule has 11 heteroatoms. The van der Waals surface area contributed by atoms with Crippen LogP contribution >= 0.6 is 11.6 Å². The highest BCUT2D eigenvalue weighted by Gasteiger charge is 2.56. The fourth-order valence-electron chi connectivity index (χ4n) is 5.53. The van der Waals surface area contributed by atoms with Crippen molar-refractivity contribution in [2.45, 2.75) is 42.7 Å². The van der Waals surface area contributed by atoms with Crippen LogP contribution in [-0.4, -0.2) is 60.2 Å². The number of nitrogens with one attached hydrogen (secondary N) is 2. The number of fused-ring (bicyclic) bond motifs is 1. The van der Waals surface area contributed by atoms with E-state index < -0.39 is 20.7 Å². The maximum absolute atomic E-state index is 14.9. The molecule has 2 aromatic rings. The second kappa shape index (κ2) is 8.98. The average molecular weight is 496 g/mol. The van der Waals surface area contributed by atoms with Gasteiger partial charge >= 0.3 is 0 Å². The summed E-state index contributed by atoms with van der Waals surface area (Å²) in [6.45, 7) is 2.26. The lowest BCUT2D eigenvalue weighted by molar-refractivity contribution is 0.142. The van der Waals surface area contributed by atoms with Gasteiger partial charge in [-0.15, -0.1) is 0 Å². The highest BCUT2D eigenvalue weighted by molar-refractivity contribution is 7.92. The van der Waals surface area contributed by atoms with Crippen LogP contribution in [0, 0.1) is 23.6 Å². The summed E-state index contributed by atoms with van der Waals surface area (Å²) in [4.78, 5) is 9.50. The highest BCUT2D eigenvalue weighted by atomic mass is 35.5. The van der Waals surface area contributed by atoms with E-state index >= 15 is 0 Å². The summed E-state index contributed by atoms with van der Waals surface area (Å²) in [5, 5.41) is 13.0. The molecular weight excluding hydrogens is 469 g/mol. The Morgan fingerprint density at radius 3 is 2.67 bits per heavy atom. The molecule has 0 radical (unpaired) electrons. The number of halogens is 2. The van der Waals surface area contributed by atoms with E-state index in [2.05, 4.69) is 24.9 Å². The Kier molecular flexibility index (Phi) is 6.19. The molecule has 5 atom stereocenters. The number of aliphatic hydroxyl groups excluding tert-OH is 1. The fourth-order valence-corrected chi connectivity index (χ4v) is 6.91. The third-order valence-corrected chi connectivity index (χ3v) is 8.96. The van der Waals surface area contributed by atoms with E-state index in [0.29, 0.717) is 29.5 Å². The first kappa shape index (κ1) is 22.8. The van der Waals surface area contributed by atoms with Gasteiger partial charge in [-0.2, -0.15) is 0 Å². The van der Waals surface area contributed by atoms with E-state index in [1.54, 1.807) is 0 Å². The molecule has 3 aliphatic rings. The van der Waals surface area contributed by atoms with Gasteiger partial charge in [0.1, 0.15) is 22.9 Å². The summed E-state index contributed by atoms with van der Waals surface area (Å²) < 4.78 is 42.5. The van der Waals surface area contributed by atoms with E-state index in [-0.39, 0.29) is 23.5 Å². The molecule has 178 valence electrons. The maximum atomic E-state index is 14.9. The van der Waals surface area contributed by atoms with Gasteiger partial charge in [-0.1, -0.05) is 24.4 Å². The summed E-state index contributed by atoms with van der Waals surface area (Å²) in [6.07, 6.45) is 6.79. The zero-order valence-electron chi connectivity index (χ0n) is 18.0. The van der Waals surface area contributed by atoms with Gasteiger partial charge in [-0.05, 0) is 48.8 Å². The monoisotopic (exact) mass is 495 g/mol. The van der Waals surface area contributed by atoms with Crippen LogP contribution in [0.2, 0.25) is 5.02 Å². The van der Waals surface area contributed by atoms with E-state index in [9.17, 15) is 17.9 Å². The molecule has 1 aromatic carbocycles. The Labute approximate surface area is 197 Å². The smallest absolute Gasteiger partial charge is 0.266 e. The zero-order chi connectivity index (χ0) is 23.2. The molecule has 5 rings (SSSR count). The van der Waals surface area contributed by atoms with Crippen LogP contribution in [0.25, 0.3) is 0 Å². The Bertz CT molecular complexity index is 1110. The number of sulfonamides is 1. The molecule has 1 saturated heterocycles. The number of aromatic nitrogens is 2. The largest absolute Gasteiger partial charge is 0.396 e. The van der Waals surface area contributed by atoms with Gasteiger partial charge in [-0.25, -0.2) is 22.8 Å². The molecule has 0 bridgehead atoms. The molecule has 0 spiro atoms. The van der Waals surface area contributed by atoms with Gasteiger partial charge in [0.05, 0.1) is 10.7 Å². The van der Waals surface area contributed by atoms with Crippen LogP contribution in [0.4, 0.5) is 15.9 Å². The van der Waals surface area contributed by atoms with Gasteiger partial charge in [0.25, 0.3) is 10.0 Å². The zero-order valence-corrected chi connectivity index (χ0v) is 19.6. The van der Waals surface area contributed by atoms with Crippen molar-refractivity contribution in [1.29, 1.82) is 0 Å². The predicted molar refractivity (Wildman–Crippen MR) is 123 cm³/mol. The molecule has 2 saturated carbocycles. The summed E-state index contributed by atoms with van der Waals surface area (Å²) in [5.74, 6) is 0.783. The lowest BCUT2D eigenvalue weighted by Gasteiger charge is -2.40. The van der Waals surface area contributed by atoms with E-state index in [1.807, 2.05) is 0 Å². The number of benzene rings is 1. The quantitative estimate of drug-likeness (QED) is 0.542. The number of piperidine rings is 1. The second-order valence-corrected chi connectivity index (χ2v) is 11.3. The van der Waals surface area contributed by atoms with E-state index in [0.717, 1.165) is 50.9 Å². The Morgan fingerprint density at radius 2 is 1.97 bits per heavy atom. The molecule has 8 nitrogen and oxygen atoms in total. The summed E-state index contributed by atoms with van der Waals surface area (Å²) >= 11 is 6.42. The van der Waals surface area contributed by atoms with Crippen LogP contribution in [0.3, 0.4) is 0 Å². The fraction of sp³-hybridized carbons (Fsp3) is 0.545. The van der Waals surface area contributed by atoms with Crippen molar-refractivity contribution < 1.29 is 17.9 Å². The normalized spacial score (nSPS) is 29.5. The Hall–Kier alpha value is -2.01. The molecule has 2 aliphatic carbocycles. The number of likely N-dealkylation sites (tertiary alicyclic amines) is 1. The van der Waals surface area contributed by atoms with Crippen LogP contribution in [0.5, 0.6) is 0 Å². The molecule has 0 amide bonds. The van der Waals surface area contributed by atoms with Crippen molar-refractivity contribution in [3.63, 3.8) is 0 Å². The van der Waals surface area contributed by atoms with Gasteiger partial charge < -0.3 is 10.4 Å². The van der Waals surface area contributed by atoms with E-state index in [4.69, 9.17) is 11.6 Å². The second-order valence-electron chi connectivity index (χ2n) is 9.19. The van der Waals surface area contributed by atoms with Crippen molar-refractivity contribution in [3.8, 4) is 0 Å². The third-order valence-electron chi connectivity index (χ3n) is 7.28. The lowest BCUT2D eigenvalue weighted by Crippen LogP contribution is -2.49. The summed E-state index contributed by atoms with van der Waals surface area (Å²) in [6, 6.07) is 4.08. The highest BCUT2D eigenvalue weighted by Crippen LogP contribution is 2.52. The topological polar surface area (TPSA) is 107 Å². The lowest BCUT2D eigenvalue weighted by atomic mass is 9.88. The van der Waals surface area contributed by atoms with Gasteiger partial charge in [0.2, 0.25) is 0 Å². The molecule has 33 heavy (non-hydrogen) atoms. The minimum atomic E-state index is -4.21. The van der Waals surface area contributed by atoms with Crippen LogP contribution in [0.15, 0.2) is 35.6 Å². The number of anilines is 2. The molecule has 1 aromatic heterocycles. The molecule has 3 N–H and O–H groups in total. The molecule has 1 unspecified atom stereocenters. The first-order valence-corrected chi connectivity index (χ1v) is 13.1. The Balaban J connectivity index is 1.32. The minimum absolute atomic E-state index is 0.0415. The van der Waals surface area contributed by atoms with Crippen molar-refractivity contribution in [3.05, 3.63) is 41.6 Å². The first-order chi connectivity index (χ1) is 15.9. The van der Waals surface area contributed by atoms with Crippen LogP contribution in [-0.2, 0) is 10.0 Å². The van der Waals surface area contributed by atoms with E-state index in [1.165, 1.54) is 18.6 Å². The third kappa shape index (κ3) is 4.53. The number of nitrogens with zero attached hydrogens (tertiary/aromatic N) is 3. The van der Waals surface area contributed by atoms with Crippen molar-refractivity contribution >= 4 is 33.1 Å². The molecule has 3 fully saturated rings. The Morgan fingerprint density at radius 1 is 1.21 bits per heavy atom. The summed E-state index contributed by atoms with van der Waals surface area (Å²) in [7, 11) is -4.21. The van der Waals surface area contributed by atoms with Crippen LogP contribution in [0.1, 0.15) is 25.7 Å². The molecule has 1 aliphatic heterocycles. The van der Waals surface area contributed by atoms with Crippen molar-refractivity contribution in [2.24, 2.45) is 17.8 Å². The van der Waals surface area contributed by atoms with Crippen molar-refractivity contribution in [2.75, 3.05) is 29.7 Å². The number of aliphatic hydroxyl groups is 1. The van der Waals surface area contributed by atoms with Gasteiger partial charge in [0, 0.05) is 38.0 Å². The summed E-state index contributed by atoms with van der Waals surface area (Å²) in [5.41, 5.74) is 0.393. The van der Waals surface area contributed by atoms with Gasteiger partial charge in [0.15, 0.2) is 0 Å². The predicted octanol–water partition coefficient (Wildman–Crippen LogP) is 2.96. The first-order valence-electron chi connectivity index (χ1n) is 11.3. The molecular formula is C22H27ClFN5O3S. The molecule has 2 heterocycles. The number of hydrogen-bond acceptors (Lipinski definition) is 7. The van der Waals surface area contributed by atoms with Gasteiger partial charge in [-0.3, -0.25) is 9.62 Å².